The third-order valence-electron chi connectivity index (χ3n) is 2.29. The summed E-state index contributed by atoms with van der Waals surface area (Å²) in [5.41, 5.74) is 1.94. The fourth-order valence-electron chi connectivity index (χ4n) is 1.53. The van der Waals surface area contributed by atoms with E-state index in [2.05, 4.69) is 20.3 Å². The van der Waals surface area contributed by atoms with E-state index in [1.165, 1.54) is 6.20 Å². The van der Waals surface area contributed by atoms with Gasteiger partial charge in [-0.3, -0.25) is 0 Å². The van der Waals surface area contributed by atoms with Gasteiger partial charge in [0.15, 0.2) is 11.2 Å². The van der Waals surface area contributed by atoms with E-state index in [0.29, 0.717) is 11.2 Å². The van der Waals surface area contributed by atoms with Gasteiger partial charge in [-0.15, -0.1) is 5.10 Å². The van der Waals surface area contributed by atoms with Gasteiger partial charge in [-0.05, 0) is 12.1 Å². The Morgan fingerprint density at radius 1 is 1.18 bits per heavy atom. The molecule has 0 bridgehead atoms. The van der Waals surface area contributed by atoms with Gasteiger partial charge < -0.3 is 0 Å². The van der Waals surface area contributed by atoms with Gasteiger partial charge in [0.1, 0.15) is 6.07 Å². The van der Waals surface area contributed by atoms with Crippen molar-refractivity contribution in [3.05, 3.63) is 42.4 Å². The minimum absolute atomic E-state index is 0.108. The molecule has 0 aliphatic carbocycles. The lowest BCUT2D eigenvalue weighted by Crippen LogP contribution is -1.98. The SMILES string of the molecule is N#Cc1ncc2nnn(-c3ccccc3)c2n1. The fraction of sp³-hybridized carbons (Fsp3) is 0. The summed E-state index contributed by atoms with van der Waals surface area (Å²) in [6.45, 7) is 0. The van der Waals surface area contributed by atoms with Crippen LogP contribution in [0, 0.1) is 11.3 Å². The monoisotopic (exact) mass is 222 g/mol. The van der Waals surface area contributed by atoms with E-state index < -0.39 is 0 Å². The first kappa shape index (κ1) is 9.42. The maximum atomic E-state index is 8.77. The van der Waals surface area contributed by atoms with E-state index >= 15 is 0 Å². The number of aromatic nitrogens is 5. The van der Waals surface area contributed by atoms with Gasteiger partial charge in [-0.25, -0.2) is 4.98 Å². The maximum absolute atomic E-state index is 8.77. The second-order valence-electron chi connectivity index (χ2n) is 3.35. The van der Waals surface area contributed by atoms with Crippen LogP contribution in [0.4, 0.5) is 0 Å². The molecule has 2 aromatic heterocycles. The zero-order chi connectivity index (χ0) is 11.7. The highest BCUT2D eigenvalue weighted by Crippen LogP contribution is 2.12. The Hall–Kier alpha value is -2.81. The topological polar surface area (TPSA) is 80.3 Å². The standard InChI is InChI=1S/C11H6N6/c12-6-10-13-7-9-11(14-10)17(16-15-9)8-4-2-1-3-5-8/h1-5,7H. The van der Waals surface area contributed by atoms with Crippen molar-refractivity contribution < 1.29 is 0 Å². The molecule has 0 aliphatic rings. The zero-order valence-electron chi connectivity index (χ0n) is 8.65. The molecule has 80 valence electrons. The number of hydrogen-bond donors (Lipinski definition) is 0. The smallest absolute Gasteiger partial charge is 0.225 e. The molecule has 0 radical (unpaired) electrons. The van der Waals surface area contributed by atoms with Crippen LogP contribution < -0.4 is 0 Å². The van der Waals surface area contributed by atoms with Crippen LogP contribution in [-0.4, -0.2) is 25.0 Å². The van der Waals surface area contributed by atoms with Gasteiger partial charge in [-0.1, -0.05) is 23.4 Å². The zero-order valence-corrected chi connectivity index (χ0v) is 8.65. The van der Waals surface area contributed by atoms with E-state index in [9.17, 15) is 0 Å². The molecular weight excluding hydrogens is 216 g/mol. The number of para-hydroxylation sites is 1. The molecule has 17 heavy (non-hydrogen) atoms. The Bertz CT molecular complexity index is 710. The molecule has 3 aromatic rings. The average molecular weight is 222 g/mol. The molecule has 3 rings (SSSR count). The normalized spacial score (nSPS) is 10.3. The summed E-state index contributed by atoms with van der Waals surface area (Å²) in [5, 5.41) is 16.7. The molecule has 1 aromatic carbocycles. The Morgan fingerprint density at radius 3 is 2.76 bits per heavy atom. The van der Waals surface area contributed by atoms with Crippen molar-refractivity contribution in [2.24, 2.45) is 0 Å². The van der Waals surface area contributed by atoms with Gasteiger partial charge in [0, 0.05) is 0 Å². The van der Waals surface area contributed by atoms with Crippen LogP contribution in [0.5, 0.6) is 0 Å². The number of rotatable bonds is 1. The maximum Gasteiger partial charge on any atom is 0.234 e. The lowest BCUT2D eigenvalue weighted by molar-refractivity contribution is 0.816. The van der Waals surface area contributed by atoms with Crippen LogP contribution in [0.15, 0.2) is 36.5 Å². The second kappa shape index (κ2) is 3.64. The van der Waals surface area contributed by atoms with Crippen molar-refractivity contribution in [3.63, 3.8) is 0 Å². The molecule has 0 aliphatic heterocycles. The molecule has 0 fully saturated rings. The molecule has 0 atom stereocenters. The summed E-state index contributed by atoms with van der Waals surface area (Å²) in [6, 6.07) is 11.4. The minimum atomic E-state index is 0.108. The minimum Gasteiger partial charge on any atom is -0.225 e. The summed E-state index contributed by atoms with van der Waals surface area (Å²) in [5.74, 6) is 0.108. The van der Waals surface area contributed by atoms with E-state index in [1.54, 1.807) is 4.68 Å². The van der Waals surface area contributed by atoms with Gasteiger partial charge in [0.2, 0.25) is 5.82 Å². The molecule has 0 saturated carbocycles. The van der Waals surface area contributed by atoms with Crippen molar-refractivity contribution in [2.75, 3.05) is 0 Å². The second-order valence-corrected chi connectivity index (χ2v) is 3.35. The number of hydrogen-bond acceptors (Lipinski definition) is 5. The quantitative estimate of drug-likeness (QED) is 0.615. The predicted octanol–water partition coefficient (Wildman–Crippen LogP) is 1.08. The van der Waals surface area contributed by atoms with Crippen molar-refractivity contribution in [2.45, 2.75) is 0 Å². The predicted molar refractivity (Wildman–Crippen MR) is 59.2 cm³/mol. The Morgan fingerprint density at radius 2 is 2.00 bits per heavy atom. The number of nitriles is 1. The Kier molecular flexibility index (Phi) is 2.02. The van der Waals surface area contributed by atoms with Crippen molar-refractivity contribution in [1.29, 1.82) is 5.26 Å². The van der Waals surface area contributed by atoms with Gasteiger partial charge in [-0.2, -0.15) is 14.9 Å². The van der Waals surface area contributed by atoms with Crippen LogP contribution in [0.2, 0.25) is 0 Å². The van der Waals surface area contributed by atoms with E-state index in [-0.39, 0.29) is 5.82 Å². The van der Waals surface area contributed by atoms with Crippen LogP contribution in [-0.2, 0) is 0 Å². The summed E-state index contributed by atoms with van der Waals surface area (Å²) < 4.78 is 1.58. The third-order valence-corrected chi connectivity index (χ3v) is 2.29. The highest BCUT2D eigenvalue weighted by Gasteiger charge is 2.09. The first-order chi connectivity index (χ1) is 8.38. The number of nitrogens with zero attached hydrogens (tertiary/aromatic N) is 6. The highest BCUT2D eigenvalue weighted by atomic mass is 15.4. The fourth-order valence-corrected chi connectivity index (χ4v) is 1.53. The molecule has 0 unspecified atom stereocenters. The molecule has 6 nitrogen and oxygen atoms in total. The van der Waals surface area contributed by atoms with Crippen LogP contribution >= 0.6 is 0 Å². The van der Waals surface area contributed by atoms with Crippen LogP contribution in [0.3, 0.4) is 0 Å². The van der Waals surface area contributed by atoms with E-state index in [1.807, 2.05) is 36.4 Å². The van der Waals surface area contributed by atoms with Gasteiger partial charge >= 0.3 is 0 Å². The Labute approximate surface area is 96.2 Å². The summed E-state index contributed by atoms with van der Waals surface area (Å²) >= 11 is 0. The summed E-state index contributed by atoms with van der Waals surface area (Å²) in [7, 11) is 0. The molecule has 0 spiro atoms. The van der Waals surface area contributed by atoms with Crippen LogP contribution in [0.25, 0.3) is 16.9 Å². The van der Waals surface area contributed by atoms with Crippen molar-refractivity contribution >= 4 is 11.2 Å². The van der Waals surface area contributed by atoms with E-state index in [0.717, 1.165) is 5.69 Å². The Balaban J connectivity index is 2.28. The lowest BCUT2D eigenvalue weighted by Gasteiger charge is -1.99. The molecule has 6 heteroatoms. The van der Waals surface area contributed by atoms with Crippen LogP contribution in [0.1, 0.15) is 5.82 Å². The number of fused-ring (bicyclic) bond motifs is 1. The third kappa shape index (κ3) is 1.50. The number of benzene rings is 1. The molecule has 0 saturated heterocycles. The summed E-state index contributed by atoms with van der Waals surface area (Å²) in [6.07, 6.45) is 1.49. The molecular formula is C11H6N6. The first-order valence-corrected chi connectivity index (χ1v) is 4.92. The molecule has 0 amide bonds. The lowest BCUT2D eigenvalue weighted by atomic mass is 10.3. The molecule has 2 heterocycles. The largest absolute Gasteiger partial charge is 0.234 e. The van der Waals surface area contributed by atoms with E-state index in [4.69, 9.17) is 5.26 Å². The summed E-state index contributed by atoms with van der Waals surface area (Å²) in [4.78, 5) is 7.94. The van der Waals surface area contributed by atoms with Crippen molar-refractivity contribution in [1.82, 2.24) is 25.0 Å². The van der Waals surface area contributed by atoms with Crippen molar-refractivity contribution in [3.8, 4) is 11.8 Å². The molecule has 0 N–H and O–H groups in total. The first-order valence-electron chi connectivity index (χ1n) is 4.92. The van der Waals surface area contributed by atoms with Gasteiger partial charge in [0.05, 0.1) is 11.9 Å². The van der Waals surface area contributed by atoms with Gasteiger partial charge in [0.25, 0.3) is 0 Å². The highest BCUT2D eigenvalue weighted by molar-refractivity contribution is 5.70. The average Bonchev–Trinajstić information content (AvgIpc) is 2.82.